The quantitative estimate of drug-likeness (QED) is 0.255. The molecule has 1 heterocycles. The number of hydrogen-bond donors (Lipinski definition) is 1. The second-order valence-electron chi connectivity index (χ2n) is 8.54. The van der Waals surface area contributed by atoms with Crippen LogP contribution in [0.15, 0.2) is 74.5 Å². The van der Waals surface area contributed by atoms with Crippen molar-refractivity contribution < 1.29 is 27.9 Å². The first kappa shape index (κ1) is 34.9. The van der Waals surface area contributed by atoms with Gasteiger partial charge < -0.3 is 18.3 Å². The SMILES string of the molecule is C=C/C(=C\C=C/C)c1ccc(/C=C(/CC(=O)OCc2oc(=O)oc2C)NC(=O)OC(C)(C)C)cc1.CC.CC. The number of aryl methyl sites for hydroxylation is 1. The number of ether oxygens (including phenoxy) is 2. The summed E-state index contributed by atoms with van der Waals surface area (Å²) in [5.41, 5.74) is 2.23. The first-order valence-electron chi connectivity index (χ1n) is 13.0. The zero-order chi connectivity index (χ0) is 30.0. The highest BCUT2D eigenvalue weighted by molar-refractivity contribution is 5.79. The van der Waals surface area contributed by atoms with Crippen molar-refractivity contribution in [2.24, 2.45) is 0 Å². The van der Waals surface area contributed by atoms with Crippen LogP contribution in [0.5, 0.6) is 0 Å². The first-order chi connectivity index (χ1) is 18.5. The van der Waals surface area contributed by atoms with E-state index in [1.807, 2.05) is 77.1 Å². The Balaban J connectivity index is 0.00000344. The lowest BCUT2D eigenvalue weighted by atomic mass is 10.0. The van der Waals surface area contributed by atoms with Crippen LogP contribution < -0.4 is 11.1 Å². The van der Waals surface area contributed by atoms with Crippen molar-refractivity contribution in [2.45, 2.75) is 80.9 Å². The van der Waals surface area contributed by atoms with Crippen molar-refractivity contribution in [3.05, 3.63) is 94.1 Å². The molecule has 1 aromatic carbocycles. The number of allylic oxidation sites excluding steroid dienone is 5. The summed E-state index contributed by atoms with van der Waals surface area (Å²) in [5, 5.41) is 2.61. The van der Waals surface area contributed by atoms with Crippen molar-refractivity contribution >= 4 is 23.7 Å². The van der Waals surface area contributed by atoms with E-state index in [4.69, 9.17) is 18.3 Å². The Labute approximate surface area is 232 Å². The summed E-state index contributed by atoms with van der Waals surface area (Å²) >= 11 is 0. The van der Waals surface area contributed by atoms with E-state index in [1.165, 1.54) is 6.92 Å². The van der Waals surface area contributed by atoms with Crippen molar-refractivity contribution in [1.82, 2.24) is 5.32 Å². The van der Waals surface area contributed by atoms with Gasteiger partial charge >= 0.3 is 17.9 Å². The largest absolute Gasteiger partial charge is 0.519 e. The Morgan fingerprint density at radius 3 is 2.15 bits per heavy atom. The fraction of sp³-hybridized carbons (Fsp3) is 0.387. The van der Waals surface area contributed by atoms with Gasteiger partial charge in [-0.25, -0.2) is 9.59 Å². The summed E-state index contributed by atoms with van der Waals surface area (Å²) in [4.78, 5) is 35.9. The molecular formula is C31H43NO7. The number of rotatable bonds is 9. The molecule has 0 atom stereocenters. The molecule has 0 bridgehead atoms. The molecule has 0 unspecified atom stereocenters. The van der Waals surface area contributed by atoms with Crippen LogP contribution in [0.3, 0.4) is 0 Å². The van der Waals surface area contributed by atoms with E-state index in [1.54, 1.807) is 32.9 Å². The highest BCUT2D eigenvalue weighted by Gasteiger charge is 2.19. The van der Waals surface area contributed by atoms with E-state index in [0.717, 1.165) is 16.7 Å². The second kappa shape index (κ2) is 18.2. The van der Waals surface area contributed by atoms with Gasteiger partial charge in [-0.15, -0.1) is 0 Å². The number of benzene rings is 1. The summed E-state index contributed by atoms with van der Waals surface area (Å²) in [6, 6.07) is 7.54. The van der Waals surface area contributed by atoms with E-state index in [9.17, 15) is 14.4 Å². The Morgan fingerprint density at radius 2 is 1.67 bits per heavy atom. The highest BCUT2D eigenvalue weighted by Crippen LogP contribution is 2.19. The van der Waals surface area contributed by atoms with Gasteiger partial charge in [0.2, 0.25) is 0 Å². The molecule has 0 radical (unpaired) electrons. The highest BCUT2D eigenvalue weighted by atomic mass is 16.6. The number of carbonyl (C=O) groups excluding carboxylic acids is 2. The van der Waals surface area contributed by atoms with E-state index in [-0.39, 0.29) is 30.2 Å². The second-order valence-corrected chi connectivity index (χ2v) is 8.54. The Kier molecular flexibility index (Phi) is 16.3. The molecule has 8 heteroatoms. The van der Waals surface area contributed by atoms with Crippen LogP contribution in [0.2, 0.25) is 0 Å². The van der Waals surface area contributed by atoms with Gasteiger partial charge in [-0.05, 0) is 57.4 Å². The van der Waals surface area contributed by atoms with E-state index >= 15 is 0 Å². The van der Waals surface area contributed by atoms with Crippen molar-refractivity contribution in [2.75, 3.05) is 0 Å². The third-order valence-electron chi connectivity index (χ3n) is 4.47. The molecule has 0 spiro atoms. The predicted molar refractivity (Wildman–Crippen MR) is 156 cm³/mol. The van der Waals surface area contributed by atoms with Crippen LogP contribution >= 0.6 is 0 Å². The first-order valence-corrected chi connectivity index (χ1v) is 13.0. The van der Waals surface area contributed by atoms with Crippen LogP contribution in [0, 0.1) is 6.92 Å². The summed E-state index contributed by atoms with van der Waals surface area (Å²) in [7, 11) is 0. The maximum Gasteiger partial charge on any atom is 0.519 e. The Morgan fingerprint density at radius 1 is 1.05 bits per heavy atom. The maximum atomic E-state index is 12.5. The maximum absolute atomic E-state index is 12.5. The normalized spacial score (nSPS) is 11.5. The monoisotopic (exact) mass is 541 g/mol. The number of hydrogen-bond acceptors (Lipinski definition) is 7. The van der Waals surface area contributed by atoms with Crippen molar-refractivity contribution in [1.29, 1.82) is 0 Å². The van der Waals surface area contributed by atoms with E-state index in [2.05, 4.69) is 11.9 Å². The number of esters is 1. The van der Waals surface area contributed by atoms with Gasteiger partial charge in [-0.2, -0.15) is 0 Å². The van der Waals surface area contributed by atoms with Crippen LogP contribution in [0.25, 0.3) is 11.6 Å². The molecular weight excluding hydrogens is 498 g/mol. The third-order valence-corrected chi connectivity index (χ3v) is 4.47. The number of amides is 1. The van der Waals surface area contributed by atoms with Crippen molar-refractivity contribution in [3.8, 4) is 0 Å². The number of nitrogens with one attached hydrogen (secondary N) is 1. The summed E-state index contributed by atoms with van der Waals surface area (Å²) in [5.74, 6) is -1.17. The van der Waals surface area contributed by atoms with E-state index in [0.29, 0.717) is 0 Å². The molecule has 0 aliphatic heterocycles. The molecule has 0 saturated heterocycles. The van der Waals surface area contributed by atoms with Crippen molar-refractivity contribution in [3.63, 3.8) is 0 Å². The van der Waals surface area contributed by atoms with Gasteiger partial charge in [0.05, 0.1) is 6.42 Å². The van der Waals surface area contributed by atoms with Gasteiger partial charge in [-0.3, -0.25) is 10.1 Å². The third kappa shape index (κ3) is 13.9. The molecule has 214 valence electrons. The van der Waals surface area contributed by atoms with Crippen LogP contribution in [0.1, 0.15) is 84.5 Å². The minimum absolute atomic E-state index is 0.119. The van der Waals surface area contributed by atoms with E-state index < -0.39 is 23.5 Å². The minimum Gasteiger partial charge on any atom is -0.457 e. The molecule has 8 nitrogen and oxygen atoms in total. The van der Waals surface area contributed by atoms with Gasteiger partial charge in [0.25, 0.3) is 0 Å². The zero-order valence-corrected chi connectivity index (χ0v) is 24.7. The average Bonchev–Trinajstić information content (AvgIpc) is 3.21. The van der Waals surface area contributed by atoms with Gasteiger partial charge in [0.1, 0.15) is 5.60 Å². The fourth-order valence-electron chi connectivity index (χ4n) is 2.88. The molecule has 1 aromatic heterocycles. The minimum atomic E-state index is -0.871. The molecule has 39 heavy (non-hydrogen) atoms. The molecule has 2 rings (SSSR count). The molecule has 0 aliphatic carbocycles. The lowest BCUT2D eigenvalue weighted by Crippen LogP contribution is -2.32. The molecule has 2 aromatic rings. The molecule has 1 N–H and O–H groups in total. The Bertz CT molecular complexity index is 1190. The topological polar surface area (TPSA) is 108 Å². The molecule has 0 aliphatic rings. The van der Waals surface area contributed by atoms with Crippen LogP contribution in [-0.2, 0) is 20.9 Å². The summed E-state index contributed by atoms with van der Waals surface area (Å²) < 4.78 is 20.1. The lowest BCUT2D eigenvalue weighted by Gasteiger charge is -2.20. The Hall–Kier alpha value is -4.07. The standard InChI is InChI=1S/C27H31NO7.2C2H6/c1-7-9-10-20(8-2)21-13-11-19(12-14-21)15-22(28-25(30)35-27(4,5)6)16-24(29)32-17-23-18(3)33-26(31)34-23;2*1-2/h7-15H,2,16-17H2,1,3-6H3,(H,28,30);2*1-2H3/b9-7-,20-10+,22-15-;;. The molecule has 0 saturated carbocycles. The average molecular weight is 542 g/mol. The predicted octanol–water partition coefficient (Wildman–Crippen LogP) is 7.74. The smallest absolute Gasteiger partial charge is 0.457 e. The van der Waals surface area contributed by atoms with Gasteiger partial charge in [0.15, 0.2) is 18.1 Å². The van der Waals surface area contributed by atoms with Gasteiger partial charge in [0, 0.05) is 5.70 Å². The van der Waals surface area contributed by atoms with Gasteiger partial charge in [-0.1, -0.05) is 82.8 Å². The lowest BCUT2D eigenvalue weighted by molar-refractivity contribution is -0.144. The van der Waals surface area contributed by atoms with Crippen LogP contribution in [-0.4, -0.2) is 17.7 Å². The summed E-state index contributed by atoms with van der Waals surface area (Å²) in [6.45, 7) is 20.2. The summed E-state index contributed by atoms with van der Waals surface area (Å²) in [6.07, 6.45) is 8.27. The fourth-order valence-corrected chi connectivity index (χ4v) is 2.88. The molecule has 1 amide bonds. The van der Waals surface area contributed by atoms with Crippen LogP contribution in [0.4, 0.5) is 4.79 Å². The zero-order valence-electron chi connectivity index (χ0n) is 24.7. The molecule has 0 fully saturated rings. The number of carbonyl (C=O) groups is 2. The number of alkyl carbamates (subject to hydrolysis) is 1.